The van der Waals surface area contributed by atoms with Crippen molar-refractivity contribution in [2.45, 2.75) is 18.2 Å². The largest absolute Gasteiger partial charge is 0.373 e. The smallest absolute Gasteiger partial charge is 0.262 e. The van der Waals surface area contributed by atoms with Gasteiger partial charge in [0.1, 0.15) is 0 Å². The number of aliphatic hydroxyl groups is 1. The Balaban J connectivity index is 1.75. The van der Waals surface area contributed by atoms with Crippen LogP contribution < -0.4 is 0 Å². The normalized spacial score (nSPS) is 22.5. The van der Waals surface area contributed by atoms with Gasteiger partial charge in [0.15, 0.2) is 5.60 Å². The van der Waals surface area contributed by atoms with Crippen molar-refractivity contribution in [3.63, 3.8) is 0 Å². The lowest BCUT2D eigenvalue weighted by Gasteiger charge is -2.53. The zero-order valence-electron chi connectivity index (χ0n) is 13.6. The Hall–Kier alpha value is -2.98. The molecule has 1 fully saturated rings. The highest BCUT2D eigenvalue weighted by Crippen LogP contribution is 2.50. The molecule has 1 amide bonds. The molecule has 0 spiro atoms. The number of rotatable bonds is 4. The predicted octanol–water partition coefficient (Wildman–Crippen LogP) is 3.05. The number of amides is 1. The molecule has 2 heterocycles. The lowest BCUT2D eigenvalue weighted by Crippen LogP contribution is -2.65. The highest BCUT2D eigenvalue weighted by atomic mass is 16.3. The summed E-state index contributed by atoms with van der Waals surface area (Å²) in [4.78, 5) is 18.6. The molecule has 0 saturated carbocycles. The van der Waals surface area contributed by atoms with Gasteiger partial charge in [0.2, 0.25) is 0 Å². The summed E-state index contributed by atoms with van der Waals surface area (Å²) < 4.78 is 0. The molecular weight excluding hydrogens is 312 g/mol. The van der Waals surface area contributed by atoms with E-state index in [-0.39, 0.29) is 5.91 Å². The lowest BCUT2D eigenvalue weighted by atomic mass is 9.73. The van der Waals surface area contributed by atoms with Crippen LogP contribution in [0.2, 0.25) is 0 Å². The Kier molecular flexibility index (Phi) is 3.82. The van der Waals surface area contributed by atoms with Crippen molar-refractivity contribution in [2.24, 2.45) is 0 Å². The predicted molar refractivity (Wildman–Crippen MR) is 94.3 cm³/mol. The number of nitrogens with zero attached hydrogens (tertiary/aromatic N) is 2. The third kappa shape index (κ3) is 2.51. The van der Waals surface area contributed by atoms with E-state index in [0.717, 1.165) is 11.1 Å². The minimum Gasteiger partial charge on any atom is -0.373 e. The van der Waals surface area contributed by atoms with Crippen LogP contribution in [0.1, 0.15) is 22.7 Å². The first-order valence-electron chi connectivity index (χ1n) is 8.24. The summed E-state index contributed by atoms with van der Waals surface area (Å²) in [7, 11) is 0. The zero-order valence-corrected chi connectivity index (χ0v) is 13.6. The number of likely N-dealkylation sites (tertiary alicyclic amines) is 1. The second kappa shape index (κ2) is 6.15. The van der Waals surface area contributed by atoms with Crippen molar-refractivity contribution in [3.05, 3.63) is 102 Å². The quantitative estimate of drug-likeness (QED) is 0.748. The number of carbonyl (C=O) groups is 1. The van der Waals surface area contributed by atoms with Crippen LogP contribution in [0.15, 0.2) is 85.2 Å². The molecule has 1 saturated heterocycles. The number of hydrogen-bond acceptors (Lipinski definition) is 3. The molecule has 0 unspecified atom stereocenters. The maximum atomic E-state index is 12.9. The van der Waals surface area contributed by atoms with Crippen LogP contribution in [0.3, 0.4) is 0 Å². The van der Waals surface area contributed by atoms with Gasteiger partial charge in [0, 0.05) is 18.9 Å². The van der Waals surface area contributed by atoms with E-state index in [0.29, 0.717) is 12.1 Å². The summed E-state index contributed by atoms with van der Waals surface area (Å²) in [6, 6.07) is 22.5. The van der Waals surface area contributed by atoms with Gasteiger partial charge in [-0.3, -0.25) is 9.78 Å². The fourth-order valence-electron chi connectivity index (χ4n) is 3.50. The van der Waals surface area contributed by atoms with E-state index in [2.05, 4.69) is 4.98 Å². The van der Waals surface area contributed by atoms with Crippen LogP contribution in [-0.2, 0) is 16.9 Å². The van der Waals surface area contributed by atoms with Gasteiger partial charge in [-0.25, -0.2) is 0 Å². The van der Waals surface area contributed by atoms with Gasteiger partial charge < -0.3 is 10.0 Å². The Bertz CT molecular complexity index is 868. The second-order valence-corrected chi connectivity index (χ2v) is 6.23. The maximum Gasteiger partial charge on any atom is 0.262 e. The molecule has 124 valence electrons. The SMILES string of the molecule is O=C1N(Cc2ccccc2)[C@@H](c2ccccc2)[C@]1(O)c1ccncc1. The first kappa shape index (κ1) is 15.5. The van der Waals surface area contributed by atoms with E-state index in [4.69, 9.17) is 0 Å². The van der Waals surface area contributed by atoms with Crippen molar-refractivity contribution >= 4 is 5.91 Å². The van der Waals surface area contributed by atoms with E-state index >= 15 is 0 Å². The van der Waals surface area contributed by atoms with Gasteiger partial charge in [-0.1, -0.05) is 60.7 Å². The molecule has 0 aliphatic carbocycles. The lowest BCUT2D eigenvalue weighted by molar-refractivity contribution is -0.198. The molecule has 1 N–H and O–H groups in total. The monoisotopic (exact) mass is 330 g/mol. The number of benzene rings is 2. The molecule has 0 bridgehead atoms. The molecule has 4 heteroatoms. The molecule has 4 nitrogen and oxygen atoms in total. The van der Waals surface area contributed by atoms with E-state index in [1.807, 2.05) is 60.7 Å². The van der Waals surface area contributed by atoms with E-state index in [9.17, 15) is 9.90 Å². The number of pyridine rings is 1. The fraction of sp³-hybridized carbons (Fsp3) is 0.143. The van der Waals surface area contributed by atoms with Crippen LogP contribution in [0.25, 0.3) is 0 Å². The van der Waals surface area contributed by atoms with Gasteiger partial charge in [-0.05, 0) is 28.8 Å². The molecule has 2 atom stereocenters. The van der Waals surface area contributed by atoms with Gasteiger partial charge in [0.05, 0.1) is 6.04 Å². The Morgan fingerprint density at radius 2 is 1.52 bits per heavy atom. The second-order valence-electron chi connectivity index (χ2n) is 6.23. The summed E-state index contributed by atoms with van der Waals surface area (Å²) >= 11 is 0. The first-order valence-corrected chi connectivity index (χ1v) is 8.24. The fourth-order valence-corrected chi connectivity index (χ4v) is 3.50. The molecule has 1 aromatic heterocycles. The summed E-state index contributed by atoms with van der Waals surface area (Å²) in [6.45, 7) is 0.465. The average Bonchev–Trinajstić information content (AvgIpc) is 2.69. The van der Waals surface area contributed by atoms with Gasteiger partial charge >= 0.3 is 0 Å². The zero-order chi connectivity index (χ0) is 17.3. The molecule has 2 aromatic carbocycles. The molecule has 0 radical (unpaired) electrons. The Morgan fingerprint density at radius 1 is 0.920 bits per heavy atom. The third-order valence-electron chi connectivity index (χ3n) is 4.73. The number of carbonyl (C=O) groups excluding carboxylic acids is 1. The van der Waals surface area contributed by atoms with Crippen LogP contribution in [0.4, 0.5) is 0 Å². The molecular formula is C21H18N2O2. The van der Waals surface area contributed by atoms with E-state index < -0.39 is 11.6 Å². The van der Waals surface area contributed by atoms with Crippen molar-refractivity contribution < 1.29 is 9.90 Å². The first-order chi connectivity index (χ1) is 12.2. The van der Waals surface area contributed by atoms with Gasteiger partial charge in [0.25, 0.3) is 5.91 Å². The molecule has 1 aliphatic heterocycles. The minimum atomic E-state index is -1.56. The van der Waals surface area contributed by atoms with Crippen molar-refractivity contribution in [2.75, 3.05) is 0 Å². The maximum absolute atomic E-state index is 12.9. The highest BCUT2D eigenvalue weighted by Gasteiger charge is 2.61. The van der Waals surface area contributed by atoms with E-state index in [1.165, 1.54) is 0 Å². The summed E-state index contributed by atoms with van der Waals surface area (Å²) in [5.74, 6) is -0.281. The van der Waals surface area contributed by atoms with Crippen LogP contribution in [0.5, 0.6) is 0 Å². The third-order valence-corrected chi connectivity index (χ3v) is 4.73. The Labute approximate surface area is 146 Å². The standard InChI is InChI=1S/C21H18N2O2/c24-20-21(25,18-11-13-22-14-12-18)19(17-9-5-2-6-10-17)23(20)15-16-7-3-1-4-8-16/h1-14,19,25H,15H2/t19-,21+/m0/s1. The van der Waals surface area contributed by atoms with Crippen LogP contribution >= 0.6 is 0 Å². The topological polar surface area (TPSA) is 53.4 Å². The minimum absolute atomic E-state index is 0.281. The van der Waals surface area contributed by atoms with Gasteiger partial charge in [-0.2, -0.15) is 0 Å². The summed E-state index contributed by atoms with van der Waals surface area (Å²) in [6.07, 6.45) is 3.20. The molecule has 4 rings (SSSR count). The van der Waals surface area contributed by atoms with Crippen LogP contribution in [0, 0.1) is 0 Å². The summed E-state index contributed by atoms with van der Waals surface area (Å²) in [5.41, 5.74) is 0.968. The molecule has 25 heavy (non-hydrogen) atoms. The highest BCUT2D eigenvalue weighted by molar-refractivity contribution is 5.94. The van der Waals surface area contributed by atoms with Crippen molar-refractivity contribution in [1.29, 1.82) is 0 Å². The average molecular weight is 330 g/mol. The number of hydrogen-bond donors (Lipinski definition) is 1. The van der Waals surface area contributed by atoms with Crippen molar-refractivity contribution in [3.8, 4) is 0 Å². The number of β-lactam (4-membered cyclic amide) rings is 1. The summed E-state index contributed by atoms with van der Waals surface area (Å²) in [5, 5.41) is 11.3. The number of aromatic nitrogens is 1. The van der Waals surface area contributed by atoms with E-state index in [1.54, 1.807) is 29.4 Å². The van der Waals surface area contributed by atoms with Gasteiger partial charge in [-0.15, -0.1) is 0 Å². The van der Waals surface area contributed by atoms with Crippen LogP contribution in [-0.4, -0.2) is 20.9 Å². The Morgan fingerprint density at radius 3 is 2.16 bits per heavy atom. The molecule has 1 aliphatic rings. The molecule has 3 aromatic rings. The van der Waals surface area contributed by atoms with Crippen molar-refractivity contribution in [1.82, 2.24) is 9.88 Å².